The molecule has 0 bridgehead atoms. The zero-order valence-corrected chi connectivity index (χ0v) is 16.7. The number of ether oxygens (including phenoxy) is 1. The van der Waals surface area contributed by atoms with Crippen LogP contribution in [0, 0.1) is 11.8 Å². The van der Waals surface area contributed by atoms with E-state index in [0.29, 0.717) is 12.0 Å². The highest BCUT2D eigenvalue weighted by molar-refractivity contribution is 5.79. The van der Waals surface area contributed by atoms with Gasteiger partial charge in [0.25, 0.3) is 0 Å². The standard InChI is InChI=1S/C23H30F3NO2/c24-23(25,26)17-10-6-9-16(13-17)21-14-19(18-11-4-5-12-20(18)29-21)27-22(28)15-7-2-1-3-8-15/h6,9-10,13,15,18-21H,1-5,7-8,11-12,14H2,(H,27,28)/t18-,19+,20+,21+/m1/s1. The van der Waals surface area contributed by atoms with Gasteiger partial charge in [-0.15, -0.1) is 0 Å². The first-order chi connectivity index (χ1) is 13.9. The van der Waals surface area contributed by atoms with Gasteiger partial charge in [0.05, 0.1) is 17.8 Å². The highest BCUT2D eigenvalue weighted by Gasteiger charge is 2.42. The molecule has 0 aromatic heterocycles. The van der Waals surface area contributed by atoms with Crippen molar-refractivity contribution in [2.24, 2.45) is 11.8 Å². The van der Waals surface area contributed by atoms with E-state index in [2.05, 4.69) is 5.32 Å². The van der Waals surface area contributed by atoms with Crippen LogP contribution in [0.5, 0.6) is 0 Å². The van der Waals surface area contributed by atoms with E-state index in [4.69, 9.17) is 4.74 Å². The second kappa shape index (κ2) is 8.66. The van der Waals surface area contributed by atoms with Gasteiger partial charge in [-0.2, -0.15) is 13.2 Å². The van der Waals surface area contributed by atoms with Gasteiger partial charge in [-0.05, 0) is 49.8 Å². The molecule has 1 aromatic rings. The number of benzene rings is 1. The van der Waals surface area contributed by atoms with Gasteiger partial charge in [-0.25, -0.2) is 0 Å². The number of alkyl halides is 3. The summed E-state index contributed by atoms with van der Waals surface area (Å²) in [4.78, 5) is 12.9. The van der Waals surface area contributed by atoms with Gasteiger partial charge in [-0.3, -0.25) is 4.79 Å². The quantitative estimate of drug-likeness (QED) is 0.686. The first kappa shape index (κ1) is 20.7. The molecule has 3 fully saturated rings. The number of nitrogens with one attached hydrogen (secondary N) is 1. The number of rotatable bonds is 3. The van der Waals surface area contributed by atoms with Crippen molar-refractivity contribution in [3.63, 3.8) is 0 Å². The van der Waals surface area contributed by atoms with Crippen LogP contribution >= 0.6 is 0 Å². The molecule has 2 aliphatic carbocycles. The largest absolute Gasteiger partial charge is 0.416 e. The predicted octanol–water partition coefficient (Wildman–Crippen LogP) is 5.79. The van der Waals surface area contributed by atoms with E-state index in [-0.39, 0.29) is 29.9 Å². The van der Waals surface area contributed by atoms with Gasteiger partial charge in [0.1, 0.15) is 0 Å². The number of carbonyl (C=O) groups is 1. The van der Waals surface area contributed by atoms with Gasteiger partial charge in [0.15, 0.2) is 0 Å². The van der Waals surface area contributed by atoms with E-state index in [9.17, 15) is 18.0 Å². The molecule has 4 rings (SSSR count). The van der Waals surface area contributed by atoms with Crippen LogP contribution in [0.2, 0.25) is 0 Å². The molecule has 1 amide bonds. The highest BCUT2D eigenvalue weighted by atomic mass is 19.4. The Balaban J connectivity index is 1.52. The molecule has 3 nitrogen and oxygen atoms in total. The van der Waals surface area contributed by atoms with E-state index < -0.39 is 17.8 Å². The second-order valence-electron chi connectivity index (χ2n) is 8.92. The Morgan fingerprint density at radius 1 is 1.00 bits per heavy atom. The maximum Gasteiger partial charge on any atom is 0.416 e. The van der Waals surface area contributed by atoms with E-state index in [0.717, 1.165) is 57.4 Å². The van der Waals surface area contributed by atoms with Gasteiger partial charge in [-0.1, -0.05) is 44.2 Å². The summed E-state index contributed by atoms with van der Waals surface area (Å²) in [5.74, 6) is 0.475. The zero-order valence-electron chi connectivity index (χ0n) is 16.7. The Bertz CT molecular complexity index is 714. The molecular formula is C23H30F3NO2. The SMILES string of the molecule is O=C(N[C@H]1C[C@@H](c2cccc(C(F)(F)F)c2)O[C@H]2CCCC[C@H]12)C1CCCCC1. The number of hydrogen-bond acceptors (Lipinski definition) is 2. The minimum absolute atomic E-state index is 0.00805. The highest BCUT2D eigenvalue weighted by Crippen LogP contribution is 2.42. The monoisotopic (exact) mass is 409 g/mol. The summed E-state index contributed by atoms with van der Waals surface area (Å²) < 4.78 is 45.8. The van der Waals surface area contributed by atoms with Gasteiger partial charge in [0.2, 0.25) is 5.91 Å². The third kappa shape index (κ3) is 4.79. The Morgan fingerprint density at radius 3 is 2.48 bits per heavy atom. The molecule has 4 atom stereocenters. The molecule has 6 heteroatoms. The zero-order chi connectivity index (χ0) is 20.4. The van der Waals surface area contributed by atoms with Crippen LogP contribution in [0.15, 0.2) is 24.3 Å². The third-order valence-corrected chi connectivity index (χ3v) is 6.97. The van der Waals surface area contributed by atoms with Crippen molar-refractivity contribution in [2.45, 2.75) is 88.6 Å². The Labute approximate surface area is 170 Å². The molecular weight excluding hydrogens is 379 g/mol. The van der Waals surface area contributed by atoms with Crippen LogP contribution in [0.4, 0.5) is 13.2 Å². The second-order valence-corrected chi connectivity index (χ2v) is 8.92. The number of amides is 1. The summed E-state index contributed by atoms with van der Waals surface area (Å²) >= 11 is 0. The summed E-state index contributed by atoms with van der Waals surface area (Å²) in [5, 5.41) is 3.29. The summed E-state index contributed by atoms with van der Waals surface area (Å²) in [6.07, 6.45) is 5.18. The lowest BCUT2D eigenvalue weighted by Crippen LogP contribution is -2.52. The van der Waals surface area contributed by atoms with Crippen molar-refractivity contribution in [3.8, 4) is 0 Å². The van der Waals surface area contributed by atoms with Crippen LogP contribution in [0.1, 0.15) is 81.4 Å². The van der Waals surface area contributed by atoms with Gasteiger partial charge >= 0.3 is 6.18 Å². The molecule has 29 heavy (non-hydrogen) atoms. The van der Waals surface area contributed by atoms with Crippen LogP contribution < -0.4 is 5.32 Å². The molecule has 160 valence electrons. The minimum Gasteiger partial charge on any atom is -0.370 e. The average Bonchev–Trinajstić information content (AvgIpc) is 2.74. The number of halogens is 3. The van der Waals surface area contributed by atoms with Crippen molar-refractivity contribution in [1.82, 2.24) is 5.32 Å². The molecule has 0 radical (unpaired) electrons. The molecule has 1 saturated heterocycles. The van der Waals surface area contributed by atoms with Crippen molar-refractivity contribution < 1.29 is 22.7 Å². The molecule has 0 spiro atoms. The maximum absolute atomic E-state index is 13.2. The molecule has 1 aliphatic heterocycles. The Morgan fingerprint density at radius 2 is 1.72 bits per heavy atom. The number of fused-ring (bicyclic) bond motifs is 1. The lowest BCUT2D eigenvalue weighted by Gasteiger charge is -2.45. The minimum atomic E-state index is -4.37. The lowest BCUT2D eigenvalue weighted by molar-refractivity contribution is -0.138. The Kier molecular flexibility index (Phi) is 6.19. The van der Waals surface area contributed by atoms with Crippen molar-refractivity contribution >= 4 is 5.91 Å². The normalized spacial score (nSPS) is 31.1. The number of carbonyl (C=O) groups excluding carboxylic acids is 1. The maximum atomic E-state index is 13.2. The summed E-state index contributed by atoms with van der Waals surface area (Å²) in [7, 11) is 0. The van der Waals surface area contributed by atoms with E-state index in [1.807, 2.05) is 0 Å². The fourth-order valence-corrected chi connectivity index (χ4v) is 5.39. The topological polar surface area (TPSA) is 38.3 Å². The third-order valence-electron chi connectivity index (χ3n) is 6.97. The van der Waals surface area contributed by atoms with Crippen LogP contribution in [0.25, 0.3) is 0 Å². The number of hydrogen-bond donors (Lipinski definition) is 1. The van der Waals surface area contributed by atoms with Crippen molar-refractivity contribution in [3.05, 3.63) is 35.4 Å². The Hall–Kier alpha value is -1.56. The van der Waals surface area contributed by atoms with E-state index >= 15 is 0 Å². The molecule has 3 aliphatic rings. The van der Waals surface area contributed by atoms with E-state index in [1.54, 1.807) is 6.07 Å². The average molecular weight is 409 g/mol. The van der Waals surface area contributed by atoms with Crippen molar-refractivity contribution in [2.75, 3.05) is 0 Å². The van der Waals surface area contributed by atoms with Gasteiger partial charge < -0.3 is 10.1 Å². The first-order valence-corrected chi connectivity index (χ1v) is 11.0. The summed E-state index contributed by atoms with van der Waals surface area (Å²) in [6.45, 7) is 0. The van der Waals surface area contributed by atoms with Crippen LogP contribution in [-0.4, -0.2) is 18.1 Å². The van der Waals surface area contributed by atoms with Crippen LogP contribution in [-0.2, 0) is 15.7 Å². The molecule has 1 heterocycles. The summed E-state index contributed by atoms with van der Waals surface area (Å²) in [6, 6.07) is 5.43. The lowest BCUT2D eigenvalue weighted by atomic mass is 9.76. The van der Waals surface area contributed by atoms with Gasteiger partial charge in [0, 0.05) is 17.9 Å². The summed E-state index contributed by atoms with van der Waals surface area (Å²) in [5.41, 5.74) is -0.0899. The van der Waals surface area contributed by atoms with E-state index in [1.165, 1.54) is 18.6 Å². The molecule has 1 N–H and O–H groups in total. The smallest absolute Gasteiger partial charge is 0.370 e. The fraction of sp³-hybridized carbons (Fsp3) is 0.696. The van der Waals surface area contributed by atoms with Crippen molar-refractivity contribution in [1.29, 1.82) is 0 Å². The first-order valence-electron chi connectivity index (χ1n) is 11.0. The molecule has 2 saturated carbocycles. The molecule has 1 aromatic carbocycles. The van der Waals surface area contributed by atoms with Crippen LogP contribution in [0.3, 0.4) is 0 Å². The predicted molar refractivity (Wildman–Crippen MR) is 104 cm³/mol. The molecule has 0 unspecified atom stereocenters. The fourth-order valence-electron chi connectivity index (χ4n) is 5.39.